The van der Waals surface area contributed by atoms with Gasteiger partial charge in [0, 0.05) is 12.8 Å². The first-order valence-corrected chi connectivity index (χ1v) is 28.6. The molecule has 0 unspecified atom stereocenters. The Morgan fingerprint density at radius 1 is 0.354 bits per heavy atom. The van der Waals surface area contributed by atoms with Crippen molar-refractivity contribution in [3.8, 4) is 0 Å². The van der Waals surface area contributed by atoms with Gasteiger partial charge in [-0.25, -0.2) is 16.7 Å². The molecule has 39 nitrogen and oxygen atoms in total. The van der Waals surface area contributed by atoms with Crippen LogP contribution in [0, 0.1) is 0 Å². The van der Waals surface area contributed by atoms with Crippen LogP contribution in [0.2, 0.25) is 0 Å². The number of hydrogen-bond donors (Lipinski definition) is 16. The molecule has 468 valence electrons. The number of ether oxygens (including phenoxy) is 11. The van der Waals surface area contributed by atoms with Crippen molar-refractivity contribution in [1.29, 1.82) is 0 Å². The highest BCUT2D eigenvalue weighted by molar-refractivity contribution is 7.81. The van der Waals surface area contributed by atoms with E-state index in [2.05, 4.69) is 8.37 Å². The second-order valence-electron chi connectivity index (χ2n) is 17.4. The van der Waals surface area contributed by atoms with Crippen LogP contribution in [0.3, 0.4) is 0 Å². The Kier molecular flexibility index (Phi) is 27.1. The van der Waals surface area contributed by atoms with Gasteiger partial charge in [0.15, 0.2) is 12.6 Å². The quantitative estimate of drug-likeness (QED) is 0.0210. The Hall–Kier alpha value is -1.44. The summed E-state index contributed by atoms with van der Waals surface area (Å²) in [6, 6.07) is 0. The normalized spacial score (nSPS) is 38.0. The van der Waals surface area contributed by atoms with Crippen LogP contribution in [0.1, 0.15) is 12.8 Å². The molecule has 0 radical (unpaired) electrons. The van der Waals surface area contributed by atoms with E-state index in [4.69, 9.17) is 60.5 Å². The lowest BCUT2D eigenvalue weighted by Crippen LogP contribution is -2.70. The van der Waals surface area contributed by atoms with Gasteiger partial charge in [-0.15, -0.1) is 0 Å². The molecule has 0 aromatic carbocycles. The zero-order valence-corrected chi connectivity index (χ0v) is 44.2. The third kappa shape index (κ3) is 20.4. The molecular weight excluding hydrogens is 1180 g/mol. The van der Waals surface area contributed by atoms with E-state index in [-0.39, 0.29) is 52.9 Å². The zero-order valence-electron chi connectivity index (χ0n) is 40.9. The summed E-state index contributed by atoms with van der Waals surface area (Å²) in [6.07, 6.45) is -40.9. The number of hydrogen-bond acceptors (Lipinski definition) is 35. The summed E-state index contributed by atoms with van der Waals surface area (Å²) in [5.41, 5.74) is 0. The first-order valence-electron chi connectivity index (χ1n) is 23.2. The van der Waals surface area contributed by atoms with Gasteiger partial charge < -0.3 is 113 Å². The van der Waals surface area contributed by atoms with Crippen molar-refractivity contribution in [3.63, 3.8) is 0 Å². The minimum absolute atomic E-state index is 0.0394. The molecular formula is C36H66O39S4. The summed E-state index contributed by atoms with van der Waals surface area (Å²) in [5.74, 6) is -6.08. The van der Waals surface area contributed by atoms with Crippen LogP contribution in [0.15, 0.2) is 0 Å². The molecule has 4 aliphatic heterocycles. The van der Waals surface area contributed by atoms with E-state index < -0.39 is 216 Å². The molecule has 0 bridgehead atoms. The van der Waals surface area contributed by atoms with Crippen molar-refractivity contribution < 1.29 is 182 Å². The second-order valence-corrected chi connectivity index (χ2v) is 21.5. The Labute approximate surface area is 449 Å². The molecule has 0 amide bonds. The minimum Gasteiger partial charge on any atom is -0.394 e. The van der Waals surface area contributed by atoms with E-state index in [9.17, 15) is 113 Å². The topological polar surface area (TPSA) is 599 Å². The highest BCUT2D eigenvalue weighted by Crippen LogP contribution is 2.42. The van der Waals surface area contributed by atoms with Gasteiger partial charge >= 0.3 is 41.6 Å². The van der Waals surface area contributed by atoms with Crippen molar-refractivity contribution in [2.24, 2.45) is 0 Å². The van der Waals surface area contributed by atoms with E-state index in [0.29, 0.717) is 0 Å². The van der Waals surface area contributed by atoms with E-state index in [1.54, 1.807) is 0 Å². The van der Waals surface area contributed by atoms with E-state index in [1.165, 1.54) is 0 Å². The third-order valence-electron chi connectivity index (χ3n) is 11.8. The van der Waals surface area contributed by atoms with Gasteiger partial charge in [-0.2, -0.15) is 33.7 Å². The van der Waals surface area contributed by atoms with Gasteiger partial charge in [0.05, 0.1) is 92.5 Å². The molecule has 4 rings (SSSR count). The van der Waals surface area contributed by atoms with Crippen molar-refractivity contribution >= 4 is 41.6 Å². The maximum atomic E-state index is 12.2. The second kappa shape index (κ2) is 30.6. The van der Waals surface area contributed by atoms with Crippen LogP contribution in [-0.2, 0) is 110 Å². The summed E-state index contributed by atoms with van der Waals surface area (Å²) in [4.78, 5) is 0. The first kappa shape index (κ1) is 70.0. The zero-order chi connectivity index (χ0) is 59.3. The Balaban J connectivity index is 1.26. The van der Waals surface area contributed by atoms with Gasteiger partial charge in [-0.3, -0.25) is 18.2 Å². The molecule has 0 spiro atoms. The molecule has 0 saturated carbocycles. The highest BCUT2D eigenvalue weighted by atomic mass is 32.3. The molecule has 4 heterocycles. The van der Waals surface area contributed by atoms with Gasteiger partial charge in [0.1, 0.15) is 97.7 Å². The first-order chi connectivity index (χ1) is 36.8. The van der Waals surface area contributed by atoms with Crippen molar-refractivity contribution in [3.05, 3.63) is 0 Å². The summed E-state index contributed by atoms with van der Waals surface area (Å²) in [5, 5.41) is 124. The Morgan fingerprint density at radius 2 is 0.633 bits per heavy atom. The van der Waals surface area contributed by atoms with Gasteiger partial charge in [-0.1, -0.05) is 0 Å². The van der Waals surface area contributed by atoms with Gasteiger partial charge in [0.2, 0.25) is 11.6 Å². The SMILES string of the molecule is O=S(=O)(O)O[C@H]1[C@H](O)[C@@H](O[C@H]2O[C@H](CO)[C@@H](O)[C@H](O)[C@H]2O)[C@@](CCOCCOCCOCCOCCOCC[C@]2(OS(=O)(=O)O)O[C@H](CO)[C@@H](OS(=O)(=O)O)[C@H](O)[C@H]2O[C@H]2O[C@H](CO)[C@@H](O)[C@H](O)[C@H]2O)(OS(=O)(=O)O)O[C@@H]1CO. The van der Waals surface area contributed by atoms with E-state index >= 15 is 0 Å². The van der Waals surface area contributed by atoms with Gasteiger partial charge in [-0.05, 0) is 0 Å². The average molecular weight is 1250 g/mol. The number of rotatable bonds is 34. The number of aliphatic hydroxyl groups excluding tert-OH is 12. The predicted molar refractivity (Wildman–Crippen MR) is 240 cm³/mol. The average Bonchev–Trinajstić information content (AvgIpc) is 3.48. The molecule has 79 heavy (non-hydrogen) atoms. The molecule has 0 aromatic rings. The van der Waals surface area contributed by atoms with E-state index in [0.717, 1.165) is 0 Å². The number of aliphatic hydroxyl groups is 12. The van der Waals surface area contributed by atoms with Crippen LogP contribution in [0.4, 0.5) is 0 Å². The lowest BCUT2D eigenvalue weighted by Gasteiger charge is -2.51. The molecule has 4 fully saturated rings. The monoisotopic (exact) mass is 1250 g/mol. The predicted octanol–water partition coefficient (Wildman–Crippen LogP) is -10.9. The smallest absolute Gasteiger partial charge is 0.394 e. The third-order valence-corrected chi connectivity index (χ3v) is 13.8. The molecule has 43 heteroatoms. The van der Waals surface area contributed by atoms with E-state index in [1.807, 2.05) is 0 Å². The molecule has 0 aromatic heterocycles. The summed E-state index contributed by atoms with van der Waals surface area (Å²) in [6.45, 7) is -6.96. The summed E-state index contributed by atoms with van der Waals surface area (Å²) < 4.78 is 211. The minimum atomic E-state index is -5.66. The van der Waals surface area contributed by atoms with Crippen LogP contribution in [0.5, 0.6) is 0 Å². The van der Waals surface area contributed by atoms with Crippen LogP contribution in [-0.4, -0.2) is 327 Å². The van der Waals surface area contributed by atoms with Crippen molar-refractivity contribution in [2.45, 2.75) is 135 Å². The molecule has 0 aliphatic carbocycles. The Bertz CT molecular complexity index is 2120. The maximum Gasteiger partial charge on any atom is 0.400 e. The van der Waals surface area contributed by atoms with Crippen molar-refractivity contribution in [1.82, 2.24) is 0 Å². The summed E-state index contributed by atoms with van der Waals surface area (Å²) >= 11 is 0. The maximum absolute atomic E-state index is 12.2. The fourth-order valence-electron chi connectivity index (χ4n) is 8.29. The van der Waals surface area contributed by atoms with Crippen LogP contribution in [0.25, 0.3) is 0 Å². The lowest BCUT2D eigenvalue weighted by atomic mass is 9.90. The molecule has 16 N–H and O–H groups in total. The van der Waals surface area contributed by atoms with Crippen LogP contribution < -0.4 is 0 Å². The highest BCUT2D eigenvalue weighted by Gasteiger charge is 2.63. The standard InChI is InChI=1S/C36H66O39S4/c37-13-17-21(41)23(43)25(45)33(66-17)68-31-27(47)29(72-76(49,50)51)19(15-39)70-35(31,74-78(55,56)57)1-3-61-5-7-63-9-11-65-12-10-64-8-6-62-4-2-36(75-79(58,59)60)32(28(48)30(20(16-40)71-36)73-77(52,53)54)69-34-26(46)24(44)22(42)18(14-38)67-34/h17-34,37-48H,1-16H2,(H,49,50,51)(H,52,53,54)(H,55,56,57)(H,58,59,60)/t17-,18-,19-,20-,21-,22-,23+,24+,25-,26-,27+,28+,29-,30-,31-,32-,33-,34-,35-,36-/m1/s1. The van der Waals surface area contributed by atoms with Crippen LogP contribution >= 0.6 is 0 Å². The molecule has 20 atom stereocenters. The molecule has 4 saturated heterocycles. The van der Waals surface area contributed by atoms with Gasteiger partial charge in [0.25, 0.3) is 0 Å². The Morgan fingerprint density at radius 3 is 0.886 bits per heavy atom. The summed E-state index contributed by atoms with van der Waals surface area (Å²) in [7, 11) is -22.3. The molecule has 4 aliphatic rings. The van der Waals surface area contributed by atoms with Crippen molar-refractivity contribution in [2.75, 3.05) is 92.5 Å². The fourth-order valence-corrected chi connectivity index (χ4v) is 10.5. The largest absolute Gasteiger partial charge is 0.400 e. The fraction of sp³-hybridized carbons (Fsp3) is 1.00. The lowest BCUT2D eigenvalue weighted by molar-refractivity contribution is -0.389.